The molecule has 2 aromatic heterocycles. The summed E-state index contributed by atoms with van der Waals surface area (Å²) < 4.78 is 15.2. The number of fused-ring (bicyclic) bond motifs is 1. The van der Waals surface area contributed by atoms with Crippen LogP contribution >= 0.6 is 23.1 Å². The molecule has 1 aliphatic rings. The number of carbonyl (C=O) groups is 1. The normalized spacial score (nSPS) is 14.0. The standard InChI is InChI=1S/C18H18FN5O2S2/c1-23-16(26)14-15(22-18(28-14)24-7-2-3-8-24)21-17(23)27-10-13(25)20-12-6-4-5-11(19)9-12/h4-6,9H,2-3,7-8,10H2,1H3,(H,20,25). The Morgan fingerprint density at radius 3 is 2.86 bits per heavy atom. The van der Waals surface area contributed by atoms with Gasteiger partial charge in [0.25, 0.3) is 5.56 Å². The van der Waals surface area contributed by atoms with E-state index in [1.807, 2.05) is 0 Å². The predicted octanol–water partition coefficient (Wildman–Crippen LogP) is 2.86. The molecule has 28 heavy (non-hydrogen) atoms. The number of halogens is 1. The van der Waals surface area contributed by atoms with Gasteiger partial charge in [-0.25, -0.2) is 9.37 Å². The molecule has 1 amide bonds. The Labute approximate surface area is 168 Å². The third kappa shape index (κ3) is 3.88. The van der Waals surface area contributed by atoms with Gasteiger partial charge in [0.05, 0.1) is 5.75 Å². The lowest BCUT2D eigenvalue weighted by Crippen LogP contribution is -2.20. The number of hydrogen-bond acceptors (Lipinski definition) is 7. The Balaban J connectivity index is 1.51. The van der Waals surface area contributed by atoms with E-state index < -0.39 is 5.82 Å². The topological polar surface area (TPSA) is 80.1 Å². The number of thioether (sulfide) groups is 1. The highest BCUT2D eigenvalue weighted by atomic mass is 32.2. The van der Waals surface area contributed by atoms with Gasteiger partial charge in [0.15, 0.2) is 15.9 Å². The molecule has 1 aliphatic heterocycles. The van der Waals surface area contributed by atoms with E-state index in [0.29, 0.717) is 21.2 Å². The first kappa shape index (κ1) is 18.9. The van der Waals surface area contributed by atoms with E-state index in [4.69, 9.17) is 0 Å². The van der Waals surface area contributed by atoms with Gasteiger partial charge in [-0.15, -0.1) is 0 Å². The van der Waals surface area contributed by atoms with Crippen molar-refractivity contribution in [1.82, 2.24) is 14.5 Å². The number of aromatic nitrogens is 3. The maximum atomic E-state index is 13.2. The highest BCUT2D eigenvalue weighted by molar-refractivity contribution is 7.99. The molecule has 4 rings (SSSR count). The summed E-state index contributed by atoms with van der Waals surface area (Å²) in [5.41, 5.74) is 0.640. The smallest absolute Gasteiger partial charge is 0.273 e. The van der Waals surface area contributed by atoms with Crippen LogP contribution in [0.3, 0.4) is 0 Å². The third-order valence-corrected chi connectivity index (χ3v) is 6.53. The van der Waals surface area contributed by atoms with Crippen LogP contribution in [0.1, 0.15) is 12.8 Å². The van der Waals surface area contributed by atoms with Gasteiger partial charge in [-0.05, 0) is 31.0 Å². The summed E-state index contributed by atoms with van der Waals surface area (Å²) in [5, 5.41) is 3.87. The Hall–Kier alpha value is -2.46. The molecule has 1 fully saturated rings. The fourth-order valence-electron chi connectivity index (χ4n) is 2.99. The number of rotatable bonds is 5. The summed E-state index contributed by atoms with van der Waals surface area (Å²) in [6.07, 6.45) is 2.26. The van der Waals surface area contributed by atoms with Gasteiger partial charge in [0, 0.05) is 25.8 Å². The number of hydrogen-bond donors (Lipinski definition) is 1. The van der Waals surface area contributed by atoms with E-state index in [2.05, 4.69) is 20.2 Å². The predicted molar refractivity (Wildman–Crippen MR) is 110 cm³/mol. The number of amides is 1. The Morgan fingerprint density at radius 2 is 2.11 bits per heavy atom. The zero-order valence-corrected chi connectivity index (χ0v) is 16.8. The quantitative estimate of drug-likeness (QED) is 0.506. The molecular formula is C18H18FN5O2S2. The average molecular weight is 420 g/mol. The van der Waals surface area contributed by atoms with Crippen molar-refractivity contribution in [3.05, 3.63) is 40.4 Å². The largest absolute Gasteiger partial charge is 0.348 e. The molecule has 3 aromatic rings. The van der Waals surface area contributed by atoms with Crippen LogP contribution in [0.15, 0.2) is 34.2 Å². The van der Waals surface area contributed by atoms with E-state index in [9.17, 15) is 14.0 Å². The number of thiazole rings is 1. The van der Waals surface area contributed by atoms with Crippen molar-refractivity contribution < 1.29 is 9.18 Å². The van der Waals surface area contributed by atoms with Crippen molar-refractivity contribution in [3.8, 4) is 0 Å². The molecule has 3 heterocycles. The highest BCUT2D eigenvalue weighted by Crippen LogP contribution is 2.29. The zero-order valence-electron chi connectivity index (χ0n) is 15.1. The Morgan fingerprint density at radius 1 is 1.32 bits per heavy atom. The van der Waals surface area contributed by atoms with Crippen LogP contribution in [0.4, 0.5) is 15.2 Å². The van der Waals surface area contributed by atoms with E-state index in [0.717, 1.165) is 42.8 Å². The summed E-state index contributed by atoms with van der Waals surface area (Å²) in [7, 11) is 1.64. The minimum atomic E-state index is -0.419. The molecule has 1 saturated heterocycles. The van der Waals surface area contributed by atoms with Gasteiger partial charge in [0.2, 0.25) is 5.91 Å². The molecule has 0 spiro atoms. The van der Waals surface area contributed by atoms with Crippen LogP contribution in [0.5, 0.6) is 0 Å². The van der Waals surface area contributed by atoms with E-state index in [1.54, 1.807) is 13.1 Å². The Kier molecular flexibility index (Phi) is 5.31. The fourth-order valence-corrected chi connectivity index (χ4v) is 4.78. The summed E-state index contributed by atoms with van der Waals surface area (Å²) in [6.45, 7) is 1.89. The molecule has 10 heteroatoms. The molecule has 1 aromatic carbocycles. The van der Waals surface area contributed by atoms with Gasteiger partial charge in [-0.2, -0.15) is 4.98 Å². The zero-order chi connectivity index (χ0) is 19.7. The summed E-state index contributed by atoms with van der Waals surface area (Å²) >= 11 is 2.51. The van der Waals surface area contributed by atoms with Crippen molar-refractivity contribution in [2.45, 2.75) is 18.0 Å². The van der Waals surface area contributed by atoms with Crippen molar-refractivity contribution in [2.24, 2.45) is 7.05 Å². The minimum absolute atomic E-state index is 0.0470. The summed E-state index contributed by atoms with van der Waals surface area (Å²) in [6, 6.07) is 5.69. The van der Waals surface area contributed by atoms with Gasteiger partial charge < -0.3 is 10.2 Å². The van der Waals surface area contributed by atoms with Crippen LogP contribution in [-0.4, -0.2) is 39.3 Å². The lowest BCUT2D eigenvalue weighted by atomic mass is 10.3. The number of benzene rings is 1. The molecule has 0 bridgehead atoms. The molecule has 7 nitrogen and oxygen atoms in total. The van der Waals surface area contributed by atoms with Crippen molar-refractivity contribution in [2.75, 3.05) is 29.1 Å². The molecule has 0 radical (unpaired) electrons. The van der Waals surface area contributed by atoms with Crippen molar-refractivity contribution >= 4 is 50.2 Å². The van der Waals surface area contributed by atoms with Crippen LogP contribution in [0.25, 0.3) is 10.3 Å². The van der Waals surface area contributed by atoms with E-state index in [-0.39, 0.29) is 17.2 Å². The van der Waals surface area contributed by atoms with Gasteiger partial charge >= 0.3 is 0 Å². The molecular weight excluding hydrogens is 401 g/mol. The molecule has 146 valence electrons. The minimum Gasteiger partial charge on any atom is -0.348 e. The van der Waals surface area contributed by atoms with E-state index in [1.165, 1.54) is 34.1 Å². The van der Waals surface area contributed by atoms with Crippen LogP contribution in [0.2, 0.25) is 0 Å². The highest BCUT2D eigenvalue weighted by Gasteiger charge is 2.20. The van der Waals surface area contributed by atoms with Crippen LogP contribution in [-0.2, 0) is 11.8 Å². The first-order valence-electron chi connectivity index (χ1n) is 8.82. The van der Waals surface area contributed by atoms with Gasteiger partial charge in [-0.1, -0.05) is 29.2 Å². The Bertz CT molecular complexity index is 1090. The first-order valence-corrected chi connectivity index (χ1v) is 10.6. The second kappa shape index (κ2) is 7.88. The fraction of sp³-hybridized carbons (Fsp3) is 0.333. The lowest BCUT2D eigenvalue weighted by molar-refractivity contribution is -0.113. The third-order valence-electron chi connectivity index (χ3n) is 4.40. The van der Waals surface area contributed by atoms with Crippen molar-refractivity contribution in [3.63, 3.8) is 0 Å². The van der Waals surface area contributed by atoms with Crippen LogP contribution in [0, 0.1) is 5.82 Å². The molecule has 0 unspecified atom stereocenters. The monoisotopic (exact) mass is 419 g/mol. The molecule has 0 aliphatic carbocycles. The first-order chi connectivity index (χ1) is 13.5. The summed E-state index contributed by atoms with van der Waals surface area (Å²) in [5.74, 6) is -0.677. The number of anilines is 2. The average Bonchev–Trinajstić information content (AvgIpc) is 3.33. The maximum absolute atomic E-state index is 13.2. The second-order valence-corrected chi connectivity index (χ2v) is 8.37. The summed E-state index contributed by atoms with van der Waals surface area (Å²) in [4.78, 5) is 36.0. The van der Waals surface area contributed by atoms with Crippen molar-refractivity contribution in [1.29, 1.82) is 0 Å². The van der Waals surface area contributed by atoms with E-state index >= 15 is 0 Å². The molecule has 1 N–H and O–H groups in total. The van der Waals surface area contributed by atoms with Crippen LogP contribution < -0.4 is 15.8 Å². The maximum Gasteiger partial charge on any atom is 0.273 e. The second-order valence-electron chi connectivity index (χ2n) is 6.45. The SMILES string of the molecule is Cn1c(SCC(=O)Nc2cccc(F)c2)nc2nc(N3CCCC3)sc2c1=O. The lowest BCUT2D eigenvalue weighted by Gasteiger charge is -2.11. The van der Waals surface area contributed by atoms with Gasteiger partial charge in [0.1, 0.15) is 10.5 Å². The molecule has 0 saturated carbocycles. The number of carbonyl (C=O) groups excluding carboxylic acids is 1. The number of nitrogens with zero attached hydrogens (tertiary/aromatic N) is 4. The number of nitrogens with one attached hydrogen (secondary N) is 1. The molecule has 0 atom stereocenters. The van der Waals surface area contributed by atoms with Gasteiger partial charge in [-0.3, -0.25) is 14.2 Å².